The highest BCUT2D eigenvalue weighted by atomic mass is 19.1. The molecule has 2 fully saturated rings. The number of aryl methyl sites for hydroxylation is 2. The van der Waals surface area contributed by atoms with Crippen LogP contribution in [-0.2, 0) is 22.4 Å². The minimum atomic E-state index is -0.341. The molecule has 53 heavy (non-hydrogen) atoms. The number of aromatic nitrogens is 5. The monoisotopic (exact) mass is 725 g/mol. The van der Waals surface area contributed by atoms with E-state index in [1.54, 1.807) is 6.20 Å². The van der Waals surface area contributed by atoms with Gasteiger partial charge in [0.15, 0.2) is 11.6 Å². The zero-order chi connectivity index (χ0) is 37.4. The van der Waals surface area contributed by atoms with E-state index < -0.39 is 0 Å². The number of piperazine rings is 2. The molecule has 2 aliphatic heterocycles. The molecular formula is C41H56FN9O2. The second-order valence-electron chi connectivity index (χ2n) is 14.4. The van der Waals surface area contributed by atoms with Gasteiger partial charge < -0.3 is 19.6 Å². The van der Waals surface area contributed by atoms with E-state index in [-0.39, 0.29) is 43.4 Å². The van der Waals surface area contributed by atoms with Gasteiger partial charge in [-0.3, -0.25) is 14.6 Å². The maximum atomic E-state index is 14.1. The van der Waals surface area contributed by atoms with Crippen molar-refractivity contribution in [2.75, 3.05) is 55.6 Å². The first-order valence-electron chi connectivity index (χ1n) is 18.3. The van der Waals surface area contributed by atoms with E-state index in [2.05, 4.69) is 80.2 Å². The SMILES string of the molecule is C.Cc1ccc(N2CCN(C(=O)Cc3ccc(C(C)C)cc3)CC2)nn1.Cc1ccc(N2CCN(C(=O)Cc3cnc(C(C)C)c(F)c3)C[C@@H]2C)nn1. The topological polar surface area (TPSA) is 112 Å². The van der Waals surface area contributed by atoms with Gasteiger partial charge in [-0.25, -0.2) is 4.39 Å². The van der Waals surface area contributed by atoms with E-state index in [0.717, 1.165) is 54.8 Å². The van der Waals surface area contributed by atoms with Crippen molar-refractivity contribution in [3.05, 3.63) is 100 Å². The predicted octanol–water partition coefficient (Wildman–Crippen LogP) is 6.16. The number of nitrogens with zero attached hydrogens (tertiary/aromatic N) is 9. The van der Waals surface area contributed by atoms with Crippen molar-refractivity contribution in [2.45, 2.75) is 86.6 Å². The second-order valence-corrected chi connectivity index (χ2v) is 14.4. The molecule has 6 rings (SSSR count). The first-order chi connectivity index (χ1) is 24.9. The maximum absolute atomic E-state index is 14.1. The summed E-state index contributed by atoms with van der Waals surface area (Å²) in [5.74, 6) is 2.11. The van der Waals surface area contributed by atoms with Crippen molar-refractivity contribution >= 4 is 23.5 Å². The van der Waals surface area contributed by atoms with Crippen LogP contribution < -0.4 is 9.80 Å². The highest BCUT2D eigenvalue weighted by Crippen LogP contribution is 2.21. The Morgan fingerprint density at radius 2 is 1.28 bits per heavy atom. The average molecular weight is 726 g/mol. The Hall–Kier alpha value is -5.00. The van der Waals surface area contributed by atoms with Crippen LogP contribution in [0.1, 0.15) is 87.7 Å². The van der Waals surface area contributed by atoms with E-state index >= 15 is 0 Å². The number of benzene rings is 1. The normalized spacial score (nSPS) is 15.9. The van der Waals surface area contributed by atoms with Crippen LogP contribution in [0.25, 0.3) is 0 Å². The molecule has 0 spiro atoms. The molecule has 0 N–H and O–H groups in total. The first-order valence-corrected chi connectivity index (χ1v) is 18.3. The lowest BCUT2D eigenvalue weighted by molar-refractivity contribution is -0.131. The highest BCUT2D eigenvalue weighted by molar-refractivity contribution is 5.79. The summed E-state index contributed by atoms with van der Waals surface area (Å²) in [6.45, 7) is 19.0. The molecular weight excluding hydrogens is 670 g/mol. The summed E-state index contributed by atoms with van der Waals surface area (Å²) < 4.78 is 14.1. The number of hydrogen-bond donors (Lipinski definition) is 0. The largest absolute Gasteiger partial charge is 0.352 e. The van der Waals surface area contributed by atoms with E-state index in [1.807, 2.05) is 61.8 Å². The number of rotatable bonds is 8. The van der Waals surface area contributed by atoms with Crippen LogP contribution in [0.4, 0.5) is 16.0 Å². The molecule has 3 aromatic heterocycles. The van der Waals surface area contributed by atoms with Crippen LogP contribution in [-0.4, -0.2) is 98.8 Å². The van der Waals surface area contributed by atoms with Crippen LogP contribution in [0.2, 0.25) is 0 Å². The number of carbonyl (C=O) groups is 2. The van der Waals surface area contributed by atoms with Gasteiger partial charge in [0.25, 0.3) is 0 Å². The maximum Gasteiger partial charge on any atom is 0.227 e. The van der Waals surface area contributed by atoms with Gasteiger partial charge in [-0.2, -0.15) is 10.2 Å². The summed E-state index contributed by atoms with van der Waals surface area (Å²) in [6.07, 6.45) is 2.25. The van der Waals surface area contributed by atoms with Crippen LogP contribution in [0.15, 0.2) is 60.8 Å². The Balaban J connectivity index is 0.000000233. The number of hydrogen-bond acceptors (Lipinski definition) is 9. The van der Waals surface area contributed by atoms with Gasteiger partial charge in [0.05, 0.1) is 29.9 Å². The molecule has 284 valence electrons. The summed E-state index contributed by atoms with van der Waals surface area (Å²) in [5.41, 5.74) is 5.24. The van der Waals surface area contributed by atoms with Crippen LogP contribution >= 0.6 is 0 Å². The Morgan fingerprint density at radius 1 is 0.717 bits per heavy atom. The third kappa shape index (κ3) is 11.0. The number of pyridine rings is 1. The number of halogens is 1. The summed E-state index contributed by atoms with van der Waals surface area (Å²) >= 11 is 0. The molecule has 0 bridgehead atoms. The molecule has 11 nitrogen and oxygen atoms in total. The Labute approximate surface area is 314 Å². The molecule has 1 aromatic carbocycles. The third-order valence-electron chi connectivity index (χ3n) is 9.63. The molecule has 0 saturated carbocycles. The fraction of sp³-hybridized carbons (Fsp3) is 0.488. The van der Waals surface area contributed by atoms with E-state index in [1.165, 1.54) is 11.6 Å². The molecule has 2 aliphatic rings. The lowest BCUT2D eigenvalue weighted by atomic mass is 10.0. The average Bonchev–Trinajstić information content (AvgIpc) is 3.13. The molecule has 2 saturated heterocycles. The molecule has 0 aliphatic carbocycles. The summed E-state index contributed by atoms with van der Waals surface area (Å²) in [7, 11) is 0. The van der Waals surface area contributed by atoms with Gasteiger partial charge in [-0.1, -0.05) is 59.4 Å². The van der Waals surface area contributed by atoms with E-state index in [0.29, 0.717) is 43.2 Å². The molecule has 1 atom stereocenters. The quantitative estimate of drug-likeness (QED) is 0.211. The Bertz CT molecular complexity index is 1780. The molecule has 0 unspecified atom stereocenters. The van der Waals surface area contributed by atoms with Crippen LogP contribution in [0.5, 0.6) is 0 Å². The standard InChI is InChI=1S/C20H26FN5O.C20H26N4O.CH4/c1-13(2)20-17(21)9-16(11-22-20)10-19(27)25-7-8-26(15(4)12-25)18-6-5-14(3)23-24-18;1-15(2)18-7-5-17(6-8-18)14-20(25)24-12-10-23(11-13-24)19-9-4-16(3)21-22-19;/h5-6,9,11,13,15H,7-8,10,12H2,1-4H3;4-9,15H,10-14H2,1-3H3;1H4/t15-;;/m0../s1. The van der Waals surface area contributed by atoms with Crippen molar-refractivity contribution in [1.82, 2.24) is 35.2 Å². The van der Waals surface area contributed by atoms with Gasteiger partial charge in [-0.05, 0) is 79.6 Å². The van der Waals surface area contributed by atoms with Crippen LogP contribution in [0.3, 0.4) is 0 Å². The first kappa shape index (κ1) is 40.8. The predicted molar refractivity (Wildman–Crippen MR) is 209 cm³/mol. The van der Waals surface area contributed by atoms with Crippen LogP contribution in [0, 0.1) is 19.7 Å². The van der Waals surface area contributed by atoms with Gasteiger partial charge in [0, 0.05) is 58.1 Å². The second kappa shape index (κ2) is 18.7. The minimum absolute atomic E-state index is 0. The molecule has 0 radical (unpaired) electrons. The van der Waals surface area contributed by atoms with Crippen molar-refractivity contribution in [3.8, 4) is 0 Å². The van der Waals surface area contributed by atoms with Gasteiger partial charge in [0.2, 0.25) is 11.8 Å². The highest BCUT2D eigenvalue weighted by Gasteiger charge is 2.28. The lowest BCUT2D eigenvalue weighted by Gasteiger charge is -2.40. The molecule has 2 amide bonds. The van der Waals surface area contributed by atoms with Crippen molar-refractivity contribution in [2.24, 2.45) is 0 Å². The molecule has 4 aromatic rings. The van der Waals surface area contributed by atoms with Crippen molar-refractivity contribution in [3.63, 3.8) is 0 Å². The van der Waals surface area contributed by atoms with E-state index in [4.69, 9.17) is 0 Å². The molecule has 5 heterocycles. The number of anilines is 2. The Morgan fingerprint density at radius 3 is 1.81 bits per heavy atom. The zero-order valence-electron chi connectivity index (χ0n) is 31.6. The third-order valence-corrected chi connectivity index (χ3v) is 9.63. The number of carbonyl (C=O) groups excluding carboxylic acids is 2. The van der Waals surface area contributed by atoms with Gasteiger partial charge in [-0.15, -0.1) is 10.2 Å². The fourth-order valence-corrected chi connectivity index (χ4v) is 6.42. The zero-order valence-corrected chi connectivity index (χ0v) is 31.6. The van der Waals surface area contributed by atoms with Gasteiger partial charge >= 0.3 is 0 Å². The van der Waals surface area contributed by atoms with Crippen molar-refractivity contribution < 1.29 is 14.0 Å². The lowest BCUT2D eigenvalue weighted by Crippen LogP contribution is -2.54. The minimum Gasteiger partial charge on any atom is -0.352 e. The van der Waals surface area contributed by atoms with E-state index in [9.17, 15) is 14.0 Å². The Kier molecular flexibility index (Phi) is 14.4. The summed E-state index contributed by atoms with van der Waals surface area (Å²) in [4.78, 5) is 37.5. The number of amides is 2. The summed E-state index contributed by atoms with van der Waals surface area (Å²) in [6, 6.07) is 17.8. The smallest absolute Gasteiger partial charge is 0.227 e. The van der Waals surface area contributed by atoms with Crippen molar-refractivity contribution in [1.29, 1.82) is 0 Å². The van der Waals surface area contributed by atoms with Gasteiger partial charge in [0.1, 0.15) is 5.82 Å². The fourth-order valence-electron chi connectivity index (χ4n) is 6.42. The molecule has 12 heteroatoms. The summed E-state index contributed by atoms with van der Waals surface area (Å²) in [5, 5.41) is 16.7.